The van der Waals surface area contributed by atoms with Crippen LogP contribution in [0.2, 0.25) is 0 Å². The number of benzene rings is 1. The Hall–Kier alpha value is -2.67. The van der Waals surface area contributed by atoms with Crippen molar-refractivity contribution in [3.63, 3.8) is 0 Å². The van der Waals surface area contributed by atoms with E-state index in [1.165, 1.54) is 10.8 Å². The van der Waals surface area contributed by atoms with E-state index >= 15 is 0 Å². The molecule has 0 unspecified atom stereocenters. The number of carbonyl (C=O) groups is 1. The Morgan fingerprint density at radius 1 is 1.42 bits per heavy atom. The maximum atomic E-state index is 11.4. The summed E-state index contributed by atoms with van der Waals surface area (Å²) in [6.07, 6.45) is 3.12. The Morgan fingerprint density at radius 3 is 3.21 bits per heavy atom. The average molecular weight is 339 g/mol. The summed E-state index contributed by atoms with van der Waals surface area (Å²) < 4.78 is 3.17. The number of aromatic nitrogens is 3. The van der Waals surface area contributed by atoms with Gasteiger partial charge in [0.2, 0.25) is 5.91 Å². The Labute approximate surface area is 143 Å². The SMILES string of the molecule is C=CC(=O)NC[C@H]1CN(c2ccc3scnc3c2)c2ccnn2C1. The van der Waals surface area contributed by atoms with Crippen LogP contribution in [0, 0.1) is 5.92 Å². The van der Waals surface area contributed by atoms with Crippen molar-refractivity contribution in [3.8, 4) is 0 Å². The molecule has 0 bridgehead atoms. The van der Waals surface area contributed by atoms with Crippen LogP contribution in [-0.4, -0.2) is 33.8 Å². The predicted octanol–water partition coefficient (Wildman–Crippen LogP) is 2.56. The van der Waals surface area contributed by atoms with Gasteiger partial charge in [0.15, 0.2) is 0 Å². The van der Waals surface area contributed by atoms with Gasteiger partial charge in [-0.2, -0.15) is 5.10 Å². The first-order valence-corrected chi connectivity index (χ1v) is 8.65. The van der Waals surface area contributed by atoms with Crippen LogP contribution in [0.3, 0.4) is 0 Å². The van der Waals surface area contributed by atoms with E-state index in [1.54, 1.807) is 11.3 Å². The molecule has 122 valence electrons. The molecule has 2 aromatic heterocycles. The first kappa shape index (κ1) is 14.9. The summed E-state index contributed by atoms with van der Waals surface area (Å²) >= 11 is 1.64. The van der Waals surface area contributed by atoms with Crippen molar-refractivity contribution in [2.75, 3.05) is 18.0 Å². The van der Waals surface area contributed by atoms with E-state index in [9.17, 15) is 4.79 Å². The largest absolute Gasteiger partial charge is 0.352 e. The van der Waals surface area contributed by atoms with Gasteiger partial charge < -0.3 is 10.2 Å². The fourth-order valence-electron chi connectivity index (χ4n) is 3.05. The van der Waals surface area contributed by atoms with Crippen molar-refractivity contribution >= 4 is 39.0 Å². The Morgan fingerprint density at radius 2 is 2.33 bits per heavy atom. The van der Waals surface area contributed by atoms with Gasteiger partial charge in [0.1, 0.15) is 5.82 Å². The fourth-order valence-corrected chi connectivity index (χ4v) is 3.71. The lowest BCUT2D eigenvalue weighted by Gasteiger charge is -2.34. The van der Waals surface area contributed by atoms with Gasteiger partial charge in [-0.3, -0.25) is 4.79 Å². The van der Waals surface area contributed by atoms with Crippen LogP contribution in [0.15, 0.2) is 48.6 Å². The first-order chi connectivity index (χ1) is 11.7. The minimum atomic E-state index is -0.142. The molecular formula is C17H17N5OS. The number of thiazole rings is 1. The summed E-state index contributed by atoms with van der Waals surface area (Å²) in [5.74, 6) is 1.19. The van der Waals surface area contributed by atoms with Crippen molar-refractivity contribution in [1.29, 1.82) is 0 Å². The summed E-state index contributed by atoms with van der Waals surface area (Å²) in [7, 11) is 0. The molecule has 3 heterocycles. The van der Waals surface area contributed by atoms with E-state index in [0.29, 0.717) is 6.54 Å². The van der Waals surface area contributed by atoms with E-state index in [2.05, 4.69) is 45.1 Å². The number of carbonyl (C=O) groups excluding carboxylic acids is 1. The van der Waals surface area contributed by atoms with Gasteiger partial charge in [-0.25, -0.2) is 9.67 Å². The number of nitrogens with zero attached hydrogens (tertiary/aromatic N) is 4. The number of hydrogen-bond acceptors (Lipinski definition) is 5. The third kappa shape index (κ3) is 2.67. The zero-order valence-corrected chi connectivity index (χ0v) is 13.9. The number of hydrogen-bond donors (Lipinski definition) is 1. The molecule has 0 saturated heterocycles. The molecule has 1 aromatic carbocycles. The standard InChI is InChI=1S/C17H17N5OS/c1-2-16(23)18-8-12-9-21(17-5-6-20-22(17)10-12)13-3-4-15-14(7-13)19-11-24-15/h2-7,11-12H,1,8-10H2,(H,18,23)/t12-/m0/s1. The molecule has 24 heavy (non-hydrogen) atoms. The second kappa shape index (κ2) is 6.09. The number of fused-ring (bicyclic) bond motifs is 2. The summed E-state index contributed by atoms with van der Waals surface area (Å²) in [6, 6.07) is 8.34. The summed E-state index contributed by atoms with van der Waals surface area (Å²) in [5, 5.41) is 7.30. The van der Waals surface area contributed by atoms with E-state index in [1.807, 2.05) is 22.5 Å². The van der Waals surface area contributed by atoms with Crippen LogP contribution >= 0.6 is 11.3 Å². The van der Waals surface area contributed by atoms with Gasteiger partial charge in [0, 0.05) is 37.3 Å². The summed E-state index contributed by atoms with van der Waals surface area (Å²) in [5.41, 5.74) is 3.96. The second-order valence-electron chi connectivity index (χ2n) is 5.80. The molecule has 6 nitrogen and oxygen atoms in total. The van der Waals surface area contributed by atoms with E-state index in [-0.39, 0.29) is 11.8 Å². The molecule has 1 amide bonds. The van der Waals surface area contributed by atoms with Crippen molar-refractivity contribution < 1.29 is 4.79 Å². The van der Waals surface area contributed by atoms with Crippen molar-refractivity contribution in [1.82, 2.24) is 20.1 Å². The normalized spacial score (nSPS) is 16.8. The Balaban J connectivity index is 1.63. The van der Waals surface area contributed by atoms with Crippen LogP contribution < -0.4 is 10.2 Å². The number of anilines is 2. The van der Waals surface area contributed by atoms with Gasteiger partial charge in [0.25, 0.3) is 0 Å². The fraction of sp³-hybridized carbons (Fsp3) is 0.235. The van der Waals surface area contributed by atoms with Crippen LogP contribution in [0.1, 0.15) is 0 Å². The second-order valence-corrected chi connectivity index (χ2v) is 6.69. The van der Waals surface area contributed by atoms with Crippen LogP contribution in [-0.2, 0) is 11.3 Å². The van der Waals surface area contributed by atoms with Crippen molar-refractivity contribution in [2.45, 2.75) is 6.54 Å². The van der Waals surface area contributed by atoms with E-state index in [4.69, 9.17) is 0 Å². The number of rotatable bonds is 4. The molecule has 1 aliphatic rings. The van der Waals surface area contributed by atoms with Crippen LogP contribution in [0.4, 0.5) is 11.5 Å². The van der Waals surface area contributed by atoms with Gasteiger partial charge in [-0.1, -0.05) is 6.58 Å². The first-order valence-electron chi connectivity index (χ1n) is 7.77. The maximum absolute atomic E-state index is 11.4. The molecule has 7 heteroatoms. The molecule has 0 radical (unpaired) electrons. The van der Waals surface area contributed by atoms with Gasteiger partial charge >= 0.3 is 0 Å². The lowest BCUT2D eigenvalue weighted by atomic mass is 10.1. The van der Waals surface area contributed by atoms with Gasteiger partial charge in [-0.15, -0.1) is 11.3 Å². The minimum absolute atomic E-state index is 0.142. The molecule has 0 aliphatic carbocycles. The summed E-state index contributed by atoms with van der Waals surface area (Å²) in [4.78, 5) is 18.1. The predicted molar refractivity (Wildman–Crippen MR) is 95.5 cm³/mol. The monoisotopic (exact) mass is 339 g/mol. The highest BCUT2D eigenvalue weighted by Gasteiger charge is 2.26. The quantitative estimate of drug-likeness (QED) is 0.742. The molecule has 4 rings (SSSR count). The van der Waals surface area contributed by atoms with Crippen LogP contribution in [0.25, 0.3) is 10.2 Å². The topological polar surface area (TPSA) is 63.1 Å². The molecule has 1 N–H and O–H groups in total. The summed E-state index contributed by atoms with van der Waals surface area (Å²) in [6.45, 7) is 5.69. The molecule has 1 atom stereocenters. The Kier molecular flexibility index (Phi) is 3.78. The third-order valence-electron chi connectivity index (χ3n) is 4.22. The highest BCUT2D eigenvalue weighted by molar-refractivity contribution is 7.16. The van der Waals surface area contributed by atoms with Gasteiger partial charge in [0.05, 0.1) is 21.9 Å². The molecule has 0 saturated carbocycles. The van der Waals surface area contributed by atoms with Crippen LogP contribution in [0.5, 0.6) is 0 Å². The molecule has 3 aromatic rings. The molecule has 0 spiro atoms. The number of amides is 1. The highest BCUT2D eigenvalue weighted by Crippen LogP contribution is 2.33. The maximum Gasteiger partial charge on any atom is 0.243 e. The van der Waals surface area contributed by atoms with E-state index < -0.39 is 0 Å². The van der Waals surface area contributed by atoms with Gasteiger partial charge in [-0.05, 0) is 24.3 Å². The molecule has 1 aliphatic heterocycles. The lowest BCUT2D eigenvalue weighted by molar-refractivity contribution is -0.116. The minimum Gasteiger partial charge on any atom is -0.352 e. The van der Waals surface area contributed by atoms with Crippen molar-refractivity contribution in [3.05, 3.63) is 48.6 Å². The van der Waals surface area contributed by atoms with Crippen molar-refractivity contribution in [2.24, 2.45) is 5.92 Å². The Bertz CT molecular complexity index is 899. The molecular weight excluding hydrogens is 322 g/mol. The zero-order chi connectivity index (χ0) is 16.5. The molecule has 0 fully saturated rings. The zero-order valence-electron chi connectivity index (χ0n) is 13.1. The number of nitrogens with one attached hydrogen (secondary N) is 1. The lowest BCUT2D eigenvalue weighted by Crippen LogP contribution is -2.41. The van der Waals surface area contributed by atoms with E-state index in [0.717, 1.165) is 30.1 Å². The third-order valence-corrected chi connectivity index (χ3v) is 5.03. The smallest absolute Gasteiger partial charge is 0.243 e. The average Bonchev–Trinajstić information content (AvgIpc) is 3.26. The highest BCUT2D eigenvalue weighted by atomic mass is 32.1.